The Kier molecular flexibility index (Phi) is 5.07. The SMILES string of the molecule is CCOC(=O)c1cccc(N)c1N1CCN(CC)C(C)C1. The zero-order valence-corrected chi connectivity index (χ0v) is 13.1. The Morgan fingerprint density at radius 1 is 1.38 bits per heavy atom. The van der Waals surface area contributed by atoms with E-state index in [0.29, 0.717) is 23.9 Å². The Morgan fingerprint density at radius 2 is 2.14 bits per heavy atom. The predicted molar refractivity (Wildman–Crippen MR) is 85.7 cm³/mol. The molecule has 2 N–H and O–H groups in total. The number of likely N-dealkylation sites (N-methyl/N-ethyl adjacent to an activating group) is 1. The van der Waals surface area contributed by atoms with Gasteiger partial charge in [-0.05, 0) is 32.5 Å². The summed E-state index contributed by atoms with van der Waals surface area (Å²) in [5, 5.41) is 0. The van der Waals surface area contributed by atoms with E-state index in [2.05, 4.69) is 23.6 Å². The Hall–Kier alpha value is -1.75. The molecular weight excluding hydrogens is 266 g/mol. The van der Waals surface area contributed by atoms with Crippen LogP contribution in [0.1, 0.15) is 31.1 Å². The van der Waals surface area contributed by atoms with Gasteiger partial charge in [0.15, 0.2) is 0 Å². The zero-order chi connectivity index (χ0) is 15.4. The van der Waals surface area contributed by atoms with Gasteiger partial charge in [0.05, 0.1) is 23.5 Å². The maximum absolute atomic E-state index is 12.1. The molecule has 1 aromatic carbocycles. The summed E-state index contributed by atoms with van der Waals surface area (Å²) in [4.78, 5) is 16.8. The Labute approximate surface area is 126 Å². The third-order valence-corrected chi connectivity index (χ3v) is 4.05. The molecule has 0 radical (unpaired) electrons. The van der Waals surface area contributed by atoms with Crippen molar-refractivity contribution in [3.8, 4) is 0 Å². The number of para-hydroxylation sites is 1. The van der Waals surface area contributed by atoms with E-state index >= 15 is 0 Å². The summed E-state index contributed by atoms with van der Waals surface area (Å²) < 4.78 is 5.15. The molecule has 116 valence electrons. The van der Waals surface area contributed by atoms with Crippen molar-refractivity contribution in [3.63, 3.8) is 0 Å². The number of carbonyl (C=O) groups excluding carboxylic acids is 1. The fourth-order valence-corrected chi connectivity index (χ4v) is 2.96. The fraction of sp³-hybridized carbons (Fsp3) is 0.562. The maximum Gasteiger partial charge on any atom is 0.340 e. The molecule has 5 heteroatoms. The van der Waals surface area contributed by atoms with E-state index < -0.39 is 0 Å². The summed E-state index contributed by atoms with van der Waals surface area (Å²) in [6, 6.07) is 5.88. The molecule has 0 aromatic heterocycles. The van der Waals surface area contributed by atoms with E-state index in [1.54, 1.807) is 12.1 Å². The number of piperazine rings is 1. The highest BCUT2D eigenvalue weighted by Gasteiger charge is 2.27. The quantitative estimate of drug-likeness (QED) is 0.679. The van der Waals surface area contributed by atoms with Crippen LogP contribution in [-0.4, -0.2) is 49.7 Å². The van der Waals surface area contributed by atoms with Gasteiger partial charge in [0, 0.05) is 25.7 Å². The molecule has 1 aliphatic rings. The smallest absolute Gasteiger partial charge is 0.340 e. The molecule has 1 fully saturated rings. The van der Waals surface area contributed by atoms with Gasteiger partial charge in [0.2, 0.25) is 0 Å². The van der Waals surface area contributed by atoms with Crippen LogP contribution in [0.3, 0.4) is 0 Å². The second-order valence-corrected chi connectivity index (χ2v) is 5.39. The van der Waals surface area contributed by atoms with E-state index in [9.17, 15) is 4.79 Å². The molecule has 0 aliphatic carbocycles. The summed E-state index contributed by atoms with van der Waals surface area (Å²) >= 11 is 0. The molecule has 0 amide bonds. The second kappa shape index (κ2) is 6.80. The zero-order valence-electron chi connectivity index (χ0n) is 13.1. The first-order valence-electron chi connectivity index (χ1n) is 7.63. The minimum Gasteiger partial charge on any atom is -0.462 e. The van der Waals surface area contributed by atoms with E-state index in [-0.39, 0.29) is 5.97 Å². The van der Waals surface area contributed by atoms with E-state index in [1.165, 1.54) is 0 Å². The molecule has 5 nitrogen and oxygen atoms in total. The molecule has 1 saturated heterocycles. The summed E-state index contributed by atoms with van der Waals surface area (Å²) in [6.07, 6.45) is 0. The van der Waals surface area contributed by atoms with Gasteiger partial charge >= 0.3 is 5.97 Å². The number of nitrogens with zero attached hydrogens (tertiary/aromatic N) is 2. The maximum atomic E-state index is 12.1. The van der Waals surface area contributed by atoms with Crippen molar-refractivity contribution in [3.05, 3.63) is 23.8 Å². The van der Waals surface area contributed by atoms with Crippen molar-refractivity contribution < 1.29 is 9.53 Å². The van der Waals surface area contributed by atoms with E-state index in [0.717, 1.165) is 31.9 Å². The lowest BCUT2D eigenvalue weighted by molar-refractivity contribution is 0.0526. The Morgan fingerprint density at radius 3 is 2.76 bits per heavy atom. The van der Waals surface area contributed by atoms with Crippen LogP contribution >= 0.6 is 0 Å². The molecule has 0 bridgehead atoms. The van der Waals surface area contributed by atoms with Gasteiger partial charge in [-0.25, -0.2) is 4.79 Å². The molecule has 0 saturated carbocycles. The minimum absolute atomic E-state index is 0.301. The topological polar surface area (TPSA) is 58.8 Å². The first kappa shape index (κ1) is 15.6. The molecule has 1 heterocycles. The average Bonchev–Trinajstić information content (AvgIpc) is 2.47. The predicted octanol–water partition coefficient (Wildman–Crippen LogP) is 1.98. The number of hydrogen-bond acceptors (Lipinski definition) is 5. The number of carbonyl (C=O) groups is 1. The lowest BCUT2D eigenvalue weighted by Crippen LogP contribution is -2.52. The van der Waals surface area contributed by atoms with Crippen LogP contribution in [0.5, 0.6) is 0 Å². The summed E-state index contributed by atoms with van der Waals surface area (Å²) in [7, 11) is 0. The highest BCUT2D eigenvalue weighted by atomic mass is 16.5. The third-order valence-electron chi connectivity index (χ3n) is 4.05. The van der Waals surface area contributed by atoms with Crippen molar-refractivity contribution >= 4 is 17.3 Å². The fourth-order valence-electron chi connectivity index (χ4n) is 2.96. The largest absolute Gasteiger partial charge is 0.462 e. The van der Waals surface area contributed by atoms with Crippen molar-refractivity contribution in [2.24, 2.45) is 0 Å². The molecule has 2 rings (SSSR count). The van der Waals surface area contributed by atoms with Gasteiger partial charge in [0.25, 0.3) is 0 Å². The third kappa shape index (κ3) is 3.29. The number of ether oxygens (including phenoxy) is 1. The molecule has 1 unspecified atom stereocenters. The summed E-state index contributed by atoms with van der Waals surface area (Å²) in [5.41, 5.74) is 8.15. The van der Waals surface area contributed by atoms with Gasteiger partial charge in [-0.2, -0.15) is 0 Å². The first-order chi connectivity index (χ1) is 10.1. The molecule has 21 heavy (non-hydrogen) atoms. The number of esters is 1. The number of nitrogens with two attached hydrogens (primary N) is 1. The normalized spacial score (nSPS) is 19.6. The number of anilines is 2. The number of rotatable bonds is 4. The van der Waals surface area contributed by atoms with Crippen LogP contribution in [0.2, 0.25) is 0 Å². The average molecular weight is 291 g/mol. The minimum atomic E-state index is -0.301. The van der Waals surface area contributed by atoms with Crippen LogP contribution in [0, 0.1) is 0 Å². The molecular formula is C16H25N3O2. The van der Waals surface area contributed by atoms with Gasteiger partial charge in [-0.1, -0.05) is 13.0 Å². The Bertz CT molecular complexity index is 504. The lowest BCUT2D eigenvalue weighted by Gasteiger charge is -2.41. The van der Waals surface area contributed by atoms with Crippen LogP contribution in [0.15, 0.2) is 18.2 Å². The van der Waals surface area contributed by atoms with Gasteiger partial charge < -0.3 is 15.4 Å². The molecule has 0 spiro atoms. The van der Waals surface area contributed by atoms with Crippen molar-refractivity contribution in [2.75, 3.05) is 43.4 Å². The van der Waals surface area contributed by atoms with Crippen LogP contribution < -0.4 is 10.6 Å². The number of benzene rings is 1. The lowest BCUT2D eigenvalue weighted by atomic mass is 10.1. The molecule has 1 atom stereocenters. The van der Waals surface area contributed by atoms with Gasteiger partial charge in [-0.3, -0.25) is 4.90 Å². The highest BCUT2D eigenvalue weighted by Crippen LogP contribution is 2.30. The van der Waals surface area contributed by atoms with Gasteiger partial charge in [-0.15, -0.1) is 0 Å². The number of hydrogen-bond donors (Lipinski definition) is 1. The van der Waals surface area contributed by atoms with E-state index in [1.807, 2.05) is 13.0 Å². The first-order valence-corrected chi connectivity index (χ1v) is 7.63. The standard InChI is InChI=1S/C16H25N3O2/c1-4-18-9-10-19(11-12(18)3)15-13(16(20)21-5-2)7-6-8-14(15)17/h6-8,12H,4-5,9-11,17H2,1-3H3. The van der Waals surface area contributed by atoms with Crippen molar-refractivity contribution in [2.45, 2.75) is 26.8 Å². The molecule has 1 aliphatic heterocycles. The monoisotopic (exact) mass is 291 g/mol. The van der Waals surface area contributed by atoms with Crippen LogP contribution in [0.25, 0.3) is 0 Å². The Balaban J connectivity index is 2.29. The van der Waals surface area contributed by atoms with Gasteiger partial charge in [0.1, 0.15) is 0 Å². The molecule has 1 aromatic rings. The number of nitrogen functional groups attached to an aromatic ring is 1. The summed E-state index contributed by atoms with van der Waals surface area (Å²) in [5.74, 6) is -0.301. The van der Waals surface area contributed by atoms with Crippen LogP contribution in [0.4, 0.5) is 11.4 Å². The van der Waals surface area contributed by atoms with Crippen molar-refractivity contribution in [1.29, 1.82) is 0 Å². The second-order valence-electron chi connectivity index (χ2n) is 5.39. The summed E-state index contributed by atoms with van der Waals surface area (Å²) in [6.45, 7) is 10.3. The van der Waals surface area contributed by atoms with Crippen LogP contribution in [-0.2, 0) is 4.74 Å². The van der Waals surface area contributed by atoms with Crippen molar-refractivity contribution in [1.82, 2.24) is 4.90 Å². The highest BCUT2D eigenvalue weighted by molar-refractivity contribution is 5.99. The van der Waals surface area contributed by atoms with E-state index in [4.69, 9.17) is 10.5 Å².